The highest BCUT2D eigenvalue weighted by Crippen LogP contribution is 2.11. The summed E-state index contributed by atoms with van der Waals surface area (Å²) in [5.41, 5.74) is 2.91. The van der Waals surface area contributed by atoms with Crippen LogP contribution in [0.25, 0.3) is 10.8 Å². The molecule has 1 heteroatoms. The van der Waals surface area contributed by atoms with Crippen LogP contribution in [-0.4, -0.2) is 8.80 Å². The maximum absolute atomic E-state index is 5.51. The Labute approximate surface area is 86.2 Å². The van der Waals surface area contributed by atoms with Crippen LogP contribution in [0.3, 0.4) is 0 Å². The maximum Gasteiger partial charge on any atom is 0.150 e. The van der Waals surface area contributed by atoms with Gasteiger partial charge < -0.3 is 0 Å². The molecule has 0 radical (unpaired) electrons. The molecule has 0 N–H and O–H groups in total. The normalized spacial score (nSPS) is 12.3. The monoisotopic (exact) mass is 196 g/mol. The van der Waals surface area contributed by atoms with Gasteiger partial charge in [-0.2, -0.15) is 0 Å². The number of rotatable bonds is 1. The minimum absolute atomic E-state index is 1.16. The highest BCUT2D eigenvalue weighted by Gasteiger charge is 2.06. The Kier molecular flexibility index (Phi) is 2.38. The molecule has 0 bridgehead atoms. The van der Waals surface area contributed by atoms with E-state index in [0.717, 1.165) is 0 Å². The predicted octanol–water partition coefficient (Wildman–Crippen LogP) is 2.08. The van der Waals surface area contributed by atoms with Gasteiger partial charge in [0.25, 0.3) is 0 Å². The van der Waals surface area contributed by atoms with E-state index in [0.29, 0.717) is 0 Å². The van der Waals surface area contributed by atoms with Crippen LogP contribution in [0.1, 0.15) is 0 Å². The lowest BCUT2D eigenvalue weighted by atomic mass is 10.1. The molecule has 0 nitrogen and oxygen atoms in total. The first-order valence-corrected chi connectivity index (χ1v) is 7.07. The zero-order chi connectivity index (χ0) is 9.97. The third-order valence-corrected chi connectivity index (χ3v) is 4.48. The summed E-state index contributed by atoms with van der Waals surface area (Å²) < 4.78 is 0. The van der Waals surface area contributed by atoms with Crippen molar-refractivity contribution in [3.8, 4) is 12.0 Å². The van der Waals surface area contributed by atoms with E-state index >= 15 is 0 Å². The standard InChI is InChI=1S/C13H12Si/c1-3-14(2)13-10-6-8-11-7-4-5-9-12(11)13/h1,4-10,14H,2H3. The Bertz CT molecular complexity index is 489. The van der Waals surface area contributed by atoms with E-state index in [1.807, 2.05) is 0 Å². The molecule has 0 saturated carbocycles. The second-order valence-corrected chi connectivity index (χ2v) is 5.86. The molecule has 0 heterocycles. The smallest absolute Gasteiger partial charge is 0.133 e. The lowest BCUT2D eigenvalue weighted by Crippen LogP contribution is -2.25. The quantitative estimate of drug-likeness (QED) is 0.484. The van der Waals surface area contributed by atoms with Crippen molar-refractivity contribution in [1.82, 2.24) is 0 Å². The summed E-state index contributed by atoms with van der Waals surface area (Å²) >= 11 is 0. The number of benzene rings is 2. The number of hydrogen-bond donors (Lipinski definition) is 0. The molecule has 0 aliphatic carbocycles. The lowest BCUT2D eigenvalue weighted by Gasteiger charge is -2.07. The van der Waals surface area contributed by atoms with E-state index < -0.39 is 8.80 Å². The van der Waals surface area contributed by atoms with E-state index in [4.69, 9.17) is 6.42 Å². The van der Waals surface area contributed by atoms with Crippen molar-refractivity contribution in [2.75, 3.05) is 0 Å². The summed E-state index contributed by atoms with van der Waals surface area (Å²) in [7, 11) is -1.16. The molecule has 2 aromatic carbocycles. The van der Waals surface area contributed by atoms with Gasteiger partial charge in [0.15, 0.2) is 8.80 Å². The molecule has 68 valence electrons. The van der Waals surface area contributed by atoms with Gasteiger partial charge >= 0.3 is 0 Å². The fourth-order valence-electron chi connectivity index (χ4n) is 1.72. The van der Waals surface area contributed by atoms with Crippen molar-refractivity contribution in [3.63, 3.8) is 0 Å². The molecule has 0 aromatic heterocycles. The zero-order valence-corrected chi connectivity index (χ0v) is 9.35. The highest BCUT2D eigenvalue weighted by molar-refractivity contribution is 6.81. The topological polar surface area (TPSA) is 0 Å². The van der Waals surface area contributed by atoms with Crippen LogP contribution < -0.4 is 5.19 Å². The zero-order valence-electron chi connectivity index (χ0n) is 8.20. The average Bonchev–Trinajstić information content (AvgIpc) is 2.27. The highest BCUT2D eigenvalue weighted by atomic mass is 28.3. The van der Waals surface area contributed by atoms with Gasteiger partial charge in [-0.25, -0.2) is 0 Å². The van der Waals surface area contributed by atoms with Crippen LogP contribution in [0.5, 0.6) is 0 Å². The second kappa shape index (κ2) is 3.69. The van der Waals surface area contributed by atoms with E-state index in [-0.39, 0.29) is 0 Å². The van der Waals surface area contributed by atoms with Gasteiger partial charge in [-0.1, -0.05) is 49.0 Å². The first-order valence-electron chi connectivity index (χ1n) is 4.76. The predicted molar refractivity (Wildman–Crippen MR) is 65.4 cm³/mol. The van der Waals surface area contributed by atoms with Crippen LogP contribution in [0.15, 0.2) is 42.5 Å². The second-order valence-electron chi connectivity index (χ2n) is 3.46. The Morgan fingerprint density at radius 2 is 1.79 bits per heavy atom. The minimum Gasteiger partial charge on any atom is -0.133 e. The fourth-order valence-corrected chi connectivity index (χ4v) is 3.03. The van der Waals surface area contributed by atoms with Gasteiger partial charge in [0.05, 0.1) is 0 Å². The molecular formula is C13H12Si. The molecule has 0 aliphatic rings. The lowest BCUT2D eigenvalue weighted by molar-refractivity contribution is 1.77. The van der Waals surface area contributed by atoms with Crippen LogP contribution in [-0.2, 0) is 0 Å². The summed E-state index contributed by atoms with van der Waals surface area (Å²) in [5, 5.41) is 4.00. The van der Waals surface area contributed by atoms with Crippen LogP contribution in [0, 0.1) is 12.0 Å². The minimum atomic E-state index is -1.16. The molecule has 0 spiro atoms. The van der Waals surface area contributed by atoms with Gasteiger partial charge in [-0.3, -0.25) is 0 Å². The summed E-state index contributed by atoms with van der Waals surface area (Å²) in [6, 6.07) is 14.8. The van der Waals surface area contributed by atoms with E-state index in [1.54, 1.807) is 0 Å². The first kappa shape index (κ1) is 9.05. The molecule has 0 saturated heterocycles. The Balaban J connectivity index is 2.72. The molecule has 0 aliphatic heterocycles. The summed E-state index contributed by atoms with van der Waals surface area (Å²) in [6.45, 7) is 2.20. The van der Waals surface area contributed by atoms with E-state index in [1.165, 1.54) is 16.0 Å². The van der Waals surface area contributed by atoms with Gasteiger partial charge in [0.1, 0.15) is 0 Å². The van der Waals surface area contributed by atoms with Crippen LogP contribution in [0.2, 0.25) is 6.55 Å². The number of fused-ring (bicyclic) bond motifs is 1. The van der Waals surface area contributed by atoms with Crippen molar-refractivity contribution in [2.45, 2.75) is 6.55 Å². The molecule has 2 rings (SSSR count). The Morgan fingerprint density at radius 1 is 1.07 bits per heavy atom. The van der Waals surface area contributed by atoms with Crippen LogP contribution in [0.4, 0.5) is 0 Å². The van der Waals surface area contributed by atoms with Gasteiger partial charge in [0, 0.05) is 0 Å². The van der Waals surface area contributed by atoms with Gasteiger partial charge in [-0.15, -0.1) is 12.0 Å². The molecule has 0 fully saturated rings. The van der Waals surface area contributed by atoms with Crippen LogP contribution >= 0.6 is 0 Å². The van der Waals surface area contributed by atoms with Crippen molar-refractivity contribution >= 4 is 24.8 Å². The SMILES string of the molecule is C#C[SiH](C)c1cccc2ccccc12. The van der Waals surface area contributed by atoms with Gasteiger partial charge in [0.2, 0.25) is 0 Å². The van der Waals surface area contributed by atoms with Crippen molar-refractivity contribution in [1.29, 1.82) is 0 Å². The van der Waals surface area contributed by atoms with Crippen molar-refractivity contribution in [3.05, 3.63) is 42.5 Å². The molecular weight excluding hydrogens is 184 g/mol. The van der Waals surface area contributed by atoms with E-state index in [2.05, 4.69) is 54.6 Å². The van der Waals surface area contributed by atoms with E-state index in [9.17, 15) is 0 Å². The largest absolute Gasteiger partial charge is 0.150 e. The number of hydrogen-bond acceptors (Lipinski definition) is 0. The molecule has 0 amide bonds. The summed E-state index contributed by atoms with van der Waals surface area (Å²) in [5.74, 6) is 0. The molecule has 14 heavy (non-hydrogen) atoms. The first-order chi connectivity index (χ1) is 6.83. The maximum atomic E-state index is 5.51. The molecule has 1 unspecified atom stereocenters. The molecule has 2 aromatic rings. The Hall–Kier alpha value is -1.52. The molecule has 1 atom stereocenters. The third-order valence-electron chi connectivity index (χ3n) is 2.54. The summed E-state index contributed by atoms with van der Waals surface area (Å²) in [4.78, 5) is 0. The average molecular weight is 196 g/mol. The third kappa shape index (κ3) is 1.45. The van der Waals surface area contributed by atoms with Gasteiger partial charge in [-0.05, 0) is 16.0 Å². The fraction of sp³-hybridized carbons (Fsp3) is 0.0769. The Morgan fingerprint density at radius 3 is 2.57 bits per heavy atom. The van der Waals surface area contributed by atoms with Crippen molar-refractivity contribution in [2.24, 2.45) is 0 Å². The van der Waals surface area contributed by atoms with Crippen molar-refractivity contribution < 1.29 is 0 Å². The number of terminal acetylenes is 1. The summed E-state index contributed by atoms with van der Waals surface area (Å²) in [6.07, 6.45) is 5.51.